The van der Waals surface area contributed by atoms with Crippen molar-refractivity contribution in [2.24, 2.45) is 0 Å². The number of nitrogens with zero attached hydrogens (tertiary/aromatic N) is 1. The van der Waals surface area contributed by atoms with E-state index in [-0.39, 0.29) is 11.6 Å². The summed E-state index contributed by atoms with van der Waals surface area (Å²) >= 11 is 0. The Balaban J connectivity index is 2.78. The first-order valence-corrected chi connectivity index (χ1v) is 5.20. The number of ether oxygens (including phenoxy) is 1. The Morgan fingerprint density at radius 3 is 2.75 bits per heavy atom. The summed E-state index contributed by atoms with van der Waals surface area (Å²) in [5.74, 6) is 0.965. The zero-order valence-corrected chi connectivity index (χ0v) is 9.57. The van der Waals surface area contributed by atoms with Gasteiger partial charge in [0.05, 0.1) is 12.6 Å². The van der Waals surface area contributed by atoms with Gasteiger partial charge in [-0.3, -0.25) is 0 Å². The van der Waals surface area contributed by atoms with Crippen molar-refractivity contribution in [1.29, 1.82) is 0 Å². The van der Waals surface area contributed by atoms with Gasteiger partial charge in [0.25, 0.3) is 0 Å². The average Bonchev–Trinajstić information content (AvgIpc) is 2.26. The fourth-order valence-electron chi connectivity index (χ4n) is 1.73. The van der Waals surface area contributed by atoms with E-state index in [9.17, 15) is 4.79 Å². The van der Waals surface area contributed by atoms with E-state index in [1.54, 1.807) is 13.2 Å². The van der Waals surface area contributed by atoms with Crippen LogP contribution in [0.4, 0.5) is 0 Å². The molecule has 84 valence electrons. The lowest BCUT2D eigenvalue weighted by atomic mass is 10.0. The molecule has 1 heterocycles. The highest BCUT2D eigenvalue weighted by Gasteiger charge is 2.08. The number of H-pyrrole nitrogens is 1. The van der Waals surface area contributed by atoms with Crippen LogP contribution in [0.3, 0.4) is 0 Å². The van der Waals surface area contributed by atoms with Crippen LogP contribution >= 0.6 is 0 Å². The van der Waals surface area contributed by atoms with Crippen LogP contribution in [0.25, 0.3) is 10.9 Å². The van der Waals surface area contributed by atoms with Crippen LogP contribution in [0.2, 0.25) is 0 Å². The fourth-order valence-corrected chi connectivity index (χ4v) is 1.73. The minimum absolute atomic E-state index is 0.256. The summed E-state index contributed by atoms with van der Waals surface area (Å²) in [6.45, 7) is 4.07. The third-order valence-electron chi connectivity index (χ3n) is 2.54. The molecule has 0 aliphatic heterocycles. The molecule has 0 bridgehead atoms. The molecule has 0 spiro atoms. The first-order chi connectivity index (χ1) is 7.61. The molecular formula is C12H14N2O2. The van der Waals surface area contributed by atoms with Crippen molar-refractivity contribution in [1.82, 2.24) is 9.97 Å². The number of aromatic nitrogens is 2. The van der Waals surface area contributed by atoms with Crippen LogP contribution in [-0.4, -0.2) is 17.1 Å². The molecule has 0 aliphatic rings. The predicted octanol–water partition coefficient (Wildman–Crippen LogP) is 2.06. The van der Waals surface area contributed by atoms with Crippen LogP contribution in [-0.2, 0) is 0 Å². The van der Waals surface area contributed by atoms with Gasteiger partial charge in [0.2, 0.25) is 0 Å². The highest BCUT2D eigenvalue weighted by molar-refractivity contribution is 5.82. The van der Waals surface area contributed by atoms with E-state index in [1.807, 2.05) is 26.0 Å². The lowest BCUT2D eigenvalue weighted by Gasteiger charge is -2.09. The van der Waals surface area contributed by atoms with Gasteiger partial charge in [0.15, 0.2) is 0 Å². The van der Waals surface area contributed by atoms with Crippen molar-refractivity contribution >= 4 is 10.9 Å². The maximum absolute atomic E-state index is 11.4. The van der Waals surface area contributed by atoms with Crippen LogP contribution in [0.1, 0.15) is 25.5 Å². The number of rotatable bonds is 2. The van der Waals surface area contributed by atoms with E-state index in [2.05, 4.69) is 9.97 Å². The molecule has 0 radical (unpaired) electrons. The van der Waals surface area contributed by atoms with Gasteiger partial charge in [-0.1, -0.05) is 13.8 Å². The van der Waals surface area contributed by atoms with Crippen molar-refractivity contribution in [2.45, 2.75) is 19.8 Å². The average molecular weight is 218 g/mol. The summed E-state index contributed by atoms with van der Waals surface area (Å²) in [4.78, 5) is 18.1. The molecule has 0 unspecified atom stereocenters. The van der Waals surface area contributed by atoms with Gasteiger partial charge in [-0.05, 0) is 18.1 Å². The zero-order valence-electron chi connectivity index (χ0n) is 9.57. The summed E-state index contributed by atoms with van der Waals surface area (Å²) in [5.41, 5.74) is 1.27. The third kappa shape index (κ3) is 1.78. The number of benzene rings is 1. The number of aromatic amines is 1. The molecule has 4 heteroatoms. The summed E-state index contributed by atoms with van der Waals surface area (Å²) in [5, 5.41) is 0.968. The summed E-state index contributed by atoms with van der Waals surface area (Å²) < 4.78 is 5.11. The number of hydrogen-bond acceptors (Lipinski definition) is 3. The maximum Gasteiger partial charge on any atom is 0.345 e. The maximum atomic E-state index is 11.4. The van der Waals surface area contributed by atoms with Gasteiger partial charge in [-0.15, -0.1) is 0 Å². The minimum atomic E-state index is -0.315. The SMILES string of the molecule is COc1ccc2c(C(C)C)[nH]c(=O)nc2c1. The van der Waals surface area contributed by atoms with E-state index in [0.717, 1.165) is 11.1 Å². The molecule has 0 fully saturated rings. The number of nitrogens with one attached hydrogen (secondary N) is 1. The van der Waals surface area contributed by atoms with Crippen molar-refractivity contribution in [3.05, 3.63) is 34.4 Å². The van der Waals surface area contributed by atoms with Crippen molar-refractivity contribution in [2.75, 3.05) is 7.11 Å². The summed E-state index contributed by atoms with van der Waals surface area (Å²) in [6, 6.07) is 5.57. The van der Waals surface area contributed by atoms with Crippen LogP contribution in [0, 0.1) is 0 Å². The van der Waals surface area contributed by atoms with Gasteiger partial charge < -0.3 is 9.72 Å². The third-order valence-corrected chi connectivity index (χ3v) is 2.54. The Bertz CT molecular complexity index is 573. The molecule has 2 aromatic rings. The van der Waals surface area contributed by atoms with Crippen LogP contribution < -0.4 is 10.4 Å². The molecule has 1 aromatic heterocycles. The van der Waals surface area contributed by atoms with Gasteiger partial charge >= 0.3 is 5.69 Å². The standard InChI is InChI=1S/C12H14N2O2/c1-7(2)11-9-5-4-8(16-3)6-10(9)13-12(15)14-11/h4-7H,1-3H3,(H,13,14,15). The zero-order chi connectivity index (χ0) is 11.7. The molecule has 16 heavy (non-hydrogen) atoms. The van der Waals surface area contributed by atoms with E-state index >= 15 is 0 Å². The molecule has 0 saturated heterocycles. The van der Waals surface area contributed by atoms with Crippen LogP contribution in [0.5, 0.6) is 5.75 Å². The van der Waals surface area contributed by atoms with Gasteiger partial charge in [0, 0.05) is 17.1 Å². The summed E-state index contributed by atoms with van der Waals surface area (Å²) in [7, 11) is 1.59. The largest absolute Gasteiger partial charge is 0.497 e. The van der Waals surface area contributed by atoms with Gasteiger partial charge in [-0.2, -0.15) is 4.98 Å². The lowest BCUT2D eigenvalue weighted by Crippen LogP contribution is -2.14. The number of methoxy groups -OCH3 is 1. The van der Waals surface area contributed by atoms with Crippen LogP contribution in [0.15, 0.2) is 23.0 Å². The minimum Gasteiger partial charge on any atom is -0.497 e. The van der Waals surface area contributed by atoms with Gasteiger partial charge in [-0.25, -0.2) is 4.79 Å². The highest BCUT2D eigenvalue weighted by atomic mass is 16.5. The Kier molecular flexibility index (Phi) is 2.64. The lowest BCUT2D eigenvalue weighted by molar-refractivity contribution is 0.415. The monoisotopic (exact) mass is 218 g/mol. The van der Waals surface area contributed by atoms with E-state index in [4.69, 9.17) is 4.74 Å². The molecule has 0 aliphatic carbocycles. The molecule has 0 atom stereocenters. The fraction of sp³-hybridized carbons (Fsp3) is 0.333. The Labute approximate surface area is 93.3 Å². The van der Waals surface area contributed by atoms with Gasteiger partial charge in [0.1, 0.15) is 5.75 Å². The first-order valence-electron chi connectivity index (χ1n) is 5.20. The van der Waals surface area contributed by atoms with Crippen molar-refractivity contribution in [3.63, 3.8) is 0 Å². The second-order valence-corrected chi connectivity index (χ2v) is 3.99. The topological polar surface area (TPSA) is 55.0 Å². The molecule has 0 saturated carbocycles. The number of fused-ring (bicyclic) bond motifs is 1. The Morgan fingerprint density at radius 1 is 1.38 bits per heavy atom. The molecular weight excluding hydrogens is 204 g/mol. The normalized spacial score (nSPS) is 11.0. The molecule has 1 aromatic carbocycles. The highest BCUT2D eigenvalue weighted by Crippen LogP contribution is 2.23. The second-order valence-electron chi connectivity index (χ2n) is 3.99. The van der Waals surface area contributed by atoms with E-state index < -0.39 is 0 Å². The smallest absolute Gasteiger partial charge is 0.345 e. The quantitative estimate of drug-likeness (QED) is 0.839. The Morgan fingerprint density at radius 2 is 2.12 bits per heavy atom. The molecule has 2 rings (SSSR count). The molecule has 4 nitrogen and oxygen atoms in total. The van der Waals surface area contributed by atoms with E-state index in [1.165, 1.54) is 0 Å². The van der Waals surface area contributed by atoms with Crippen molar-refractivity contribution in [3.8, 4) is 5.75 Å². The van der Waals surface area contributed by atoms with E-state index in [0.29, 0.717) is 11.3 Å². The predicted molar refractivity (Wildman–Crippen MR) is 63.0 cm³/mol. The Hall–Kier alpha value is -1.84. The summed E-state index contributed by atoms with van der Waals surface area (Å²) in [6.07, 6.45) is 0. The molecule has 1 N–H and O–H groups in total. The molecule has 0 amide bonds. The second kappa shape index (κ2) is 3.96. The van der Waals surface area contributed by atoms with Crippen molar-refractivity contribution < 1.29 is 4.74 Å². The first kappa shape index (κ1) is 10.7. The number of hydrogen-bond donors (Lipinski definition) is 1.